The van der Waals surface area contributed by atoms with Crippen LogP contribution in [0.2, 0.25) is 0 Å². The number of hydrogen-bond acceptors (Lipinski definition) is 2. The minimum Gasteiger partial charge on any atom is -0.493 e. The topological polar surface area (TPSA) is 21.3 Å². The summed E-state index contributed by atoms with van der Waals surface area (Å²) in [4.78, 5) is 0. The molecule has 0 saturated carbocycles. The van der Waals surface area contributed by atoms with Gasteiger partial charge in [0, 0.05) is 11.6 Å². The molecule has 0 aliphatic rings. The molecule has 0 saturated heterocycles. The molecule has 1 unspecified atom stereocenters. The van der Waals surface area contributed by atoms with Gasteiger partial charge in [0.2, 0.25) is 0 Å². The van der Waals surface area contributed by atoms with Gasteiger partial charge in [0.15, 0.2) is 0 Å². The zero-order valence-corrected chi connectivity index (χ0v) is 12.5. The largest absolute Gasteiger partial charge is 0.493 e. The van der Waals surface area contributed by atoms with Gasteiger partial charge < -0.3 is 10.1 Å². The molecule has 2 nitrogen and oxygen atoms in total. The molecular weight excluding hydrogens is 246 g/mol. The van der Waals surface area contributed by atoms with E-state index >= 15 is 0 Å². The summed E-state index contributed by atoms with van der Waals surface area (Å²) in [7, 11) is 0. The molecule has 2 heteroatoms. The van der Waals surface area contributed by atoms with E-state index in [4.69, 9.17) is 4.74 Å². The van der Waals surface area contributed by atoms with Crippen LogP contribution in [0.1, 0.15) is 32.4 Å². The van der Waals surface area contributed by atoms with Gasteiger partial charge >= 0.3 is 0 Å². The van der Waals surface area contributed by atoms with Crippen LogP contribution in [0.3, 0.4) is 0 Å². The second kappa shape index (κ2) is 7.11. The fourth-order valence-corrected chi connectivity index (χ4v) is 2.39. The molecule has 2 aromatic rings. The maximum Gasteiger partial charge on any atom is 0.127 e. The molecule has 0 heterocycles. The number of nitrogens with one attached hydrogen (secondary N) is 1. The minimum atomic E-state index is 0.360. The van der Waals surface area contributed by atoms with Gasteiger partial charge in [-0.3, -0.25) is 0 Å². The highest BCUT2D eigenvalue weighted by atomic mass is 16.5. The van der Waals surface area contributed by atoms with E-state index in [1.165, 1.54) is 11.1 Å². The normalized spacial score (nSPS) is 12.2. The van der Waals surface area contributed by atoms with Crippen LogP contribution in [0.15, 0.2) is 48.5 Å². The van der Waals surface area contributed by atoms with Crippen molar-refractivity contribution >= 4 is 0 Å². The van der Waals surface area contributed by atoms with Gasteiger partial charge in [0.25, 0.3) is 0 Å². The van der Waals surface area contributed by atoms with Gasteiger partial charge in [-0.15, -0.1) is 0 Å². The third-order valence-corrected chi connectivity index (χ3v) is 3.39. The van der Waals surface area contributed by atoms with E-state index in [2.05, 4.69) is 55.6 Å². The van der Waals surface area contributed by atoms with Crippen LogP contribution < -0.4 is 10.1 Å². The number of para-hydroxylation sites is 1. The highest BCUT2D eigenvalue weighted by Gasteiger charge is 2.08. The Morgan fingerprint density at radius 3 is 2.60 bits per heavy atom. The third kappa shape index (κ3) is 3.40. The van der Waals surface area contributed by atoms with Crippen LogP contribution in [0, 0.1) is 0 Å². The van der Waals surface area contributed by atoms with Crippen molar-refractivity contribution in [1.82, 2.24) is 5.32 Å². The van der Waals surface area contributed by atoms with Crippen LogP contribution in [-0.4, -0.2) is 13.2 Å². The molecular formula is C18H23NO. The summed E-state index contributed by atoms with van der Waals surface area (Å²) in [5, 5.41) is 3.45. The molecule has 0 spiro atoms. The predicted octanol–water partition coefficient (Wildman–Crippen LogP) is 4.42. The van der Waals surface area contributed by atoms with Gasteiger partial charge in [-0.2, -0.15) is 0 Å². The van der Waals surface area contributed by atoms with Crippen LogP contribution >= 0.6 is 0 Å². The average Bonchev–Trinajstić information content (AvgIpc) is 2.48. The number of benzene rings is 2. The summed E-state index contributed by atoms with van der Waals surface area (Å²) in [6.07, 6.45) is 0. The van der Waals surface area contributed by atoms with Crippen molar-refractivity contribution in [3.63, 3.8) is 0 Å². The first kappa shape index (κ1) is 14.6. The number of ether oxygens (including phenoxy) is 1. The Kier molecular flexibility index (Phi) is 5.19. The van der Waals surface area contributed by atoms with E-state index in [0.29, 0.717) is 12.6 Å². The van der Waals surface area contributed by atoms with Crippen molar-refractivity contribution in [3.05, 3.63) is 54.1 Å². The minimum absolute atomic E-state index is 0.360. The van der Waals surface area contributed by atoms with Crippen LogP contribution in [-0.2, 0) is 0 Å². The standard InChI is InChI=1S/C18H23NO/c1-4-19-14(3)15-9-8-10-16(13-15)17-11-6-7-12-18(17)20-5-2/h6-14,19H,4-5H2,1-3H3. The lowest BCUT2D eigenvalue weighted by Crippen LogP contribution is -2.17. The molecule has 0 bridgehead atoms. The van der Waals surface area contributed by atoms with Crippen molar-refractivity contribution in [2.24, 2.45) is 0 Å². The molecule has 1 N–H and O–H groups in total. The second-order valence-corrected chi connectivity index (χ2v) is 4.83. The van der Waals surface area contributed by atoms with E-state index in [0.717, 1.165) is 17.9 Å². The average molecular weight is 269 g/mol. The Labute approximate surface area is 121 Å². The van der Waals surface area contributed by atoms with Crippen molar-refractivity contribution in [2.45, 2.75) is 26.8 Å². The van der Waals surface area contributed by atoms with Gasteiger partial charge in [0.1, 0.15) is 5.75 Å². The molecule has 1 atom stereocenters. The van der Waals surface area contributed by atoms with E-state index in [1.54, 1.807) is 0 Å². The molecule has 0 aliphatic heterocycles. The summed E-state index contributed by atoms with van der Waals surface area (Å²) >= 11 is 0. The molecule has 2 rings (SSSR count). The molecule has 20 heavy (non-hydrogen) atoms. The van der Waals surface area contributed by atoms with Crippen molar-refractivity contribution in [2.75, 3.05) is 13.2 Å². The van der Waals surface area contributed by atoms with Crippen LogP contribution in [0.4, 0.5) is 0 Å². The summed E-state index contributed by atoms with van der Waals surface area (Å²) < 4.78 is 5.72. The summed E-state index contributed by atoms with van der Waals surface area (Å²) in [6.45, 7) is 7.99. The third-order valence-electron chi connectivity index (χ3n) is 3.39. The quantitative estimate of drug-likeness (QED) is 0.838. The Morgan fingerprint density at radius 1 is 1.05 bits per heavy atom. The van der Waals surface area contributed by atoms with Crippen molar-refractivity contribution in [1.29, 1.82) is 0 Å². The lowest BCUT2D eigenvalue weighted by Gasteiger charge is -2.15. The van der Waals surface area contributed by atoms with Gasteiger partial charge in [-0.1, -0.05) is 43.3 Å². The SMILES string of the molecule is CCNC(C)c1cccc(-c2ccccc2OCC)c1. The van der Waals surface area contributed by atoms with Crippen LogP contribution in [0.5, 0.6) is 5.75 Å². The maximum atomic E-state index is 5.72. The van der Waals surface area contributed by atoms with Gasteiger partial charge in [-0.25, -0.2) is 0 Å². The fourth-order valence-electron chi connectivity index (χ4n) is 2.39. The molecule has 0 fully saturated rings. The fraction of sp³-hybridized carbons (Fsp3) is 0.333. The first-order valence-corrected chi connectivity index (χ1v) is 7.31. The molecule has 0 radical (unpaired) electrons. The summed E-state index contributed by atoms with van der Waals surface area (Å²) in [6, 6.07) is 17.2. The smallest absolute Gasteiger partial charge is 0.127 e. The molecule has 0 aromatic heterocycles. The highest BCUT2D eigenvalue weighted by Crippen LogP contribution is 2.31. The molecule has 0 aliphatic carbocycles. The first-order valence-electron chi connectivity index (χ1n) is 7.31. The second-order valence-electron chi connectivity index (χ2n) is 4.83. The zero-order chi connectivity index (χ0) is 14.4. The summed E-state index contributed by atoms with van der Waals surface area (Å²) in [5.74, 6) is 0.947. The zero-order valence-electron chi connectivity index (χ0n) is 12.5. The van der Waals surface area contributed by atoms with E-state index in [9.17, 15) is 0 Å². The monoisotopic (exact) mass is 269 g/mol. The number of rotatable bonds is 6. The predicted molar refractivity (Wildman–Crippen MR) is 85.1 cm³/mol. The van der Waals surface area contributed by atoms with Crippen LogP contribution in [0.25, 0.3) is 11.1 Å². The lowest BCUT2D eigenvalue weighted by atomic mass is 9.99. The van der Waals surface area contributed by atoms with Gasteiger partial charge in [-0.05, 0) is 43.7 Å². The number of hydrogen-bond donors (Lipinski definition) is 1. The molecule has 106 valence electrons. The molecule has 0 amide bonds. The highest BCUT2D eigenvalue weighted by molar-refractivity contribution is 5.71. The Hall–Kier alpha value is -1.80. The van der Waals surface area contributed by atoms with E-state index < -0.39 is 0 Å². The van der Waals surface area contributed by atoms with E-state index in [1.807, 2.05) is 19.1 Å². The summed E-state index contributed by atoms with van der Waals surface area (Å²) in [5.41, 5.74) is 3.66. The Morgan fingerprint density at radius 2 is 1.85 bits per heavy atom. The molecule has 2 aromatic carbocycles. The van der Waals surface area contributed by atoms with Crippen molar-refractivity contribution in [3.8, 4) is 16.9 Å². The van der Waals surface area contributed by atoms with E-state index in [-0.39, 0.29) is 0 Å². The first-order chi connectivity index (χ1) is 9.76. The lowest BCUT2D eigenvalue weighted by molar-refractivity contribution is 0.341. The Bertz CT molecular complexity index is 551. The Balaban J connectivity index is 2.36. The maximum absolute atomic E-state index is 5.72. The van der Waals surface area contributed by atoms with Gasteiger partial charge in [0.05, 0.1) is 6.61 Å². The van der Waals surface area contributed by atoms with Crippen molar-refractivity contribution < 1.29 is 4.74 Å².